The van der Waals surface area contributed by atoms with Crippen molar-refractivity contribution in [2.24, 2.45) is 5.92 Å². The summed E-state index contributed by atoms with van der Waals surface area (Å²) in [5.41, 5.74) is 6.06. The topological polar surface area (TPSA) is 113 Å². The van der Waals surface area contributed by atoms with Gasteiger partial charge in [-0.2, -0.15) is 0 Å². The number of likely N-dealkylation sites (tertiary alicyclic amines) is 1. The number of rotatable bonds is 10. The second-order valence-electron chi connectivity index (χ2n) is 16.2. The molecule has 1 saturated carbocycles. The van der Waals surface area contributed by atoms with Gasteiger partial charge in [0.15, 0.2) is 6.29 Å². The van der Waals surface area contributed by atoms with E-state index in [9.17, 15) is 14.7 Å². The first kappa shape index (κ1) is 37.9. The molecule has 2 amide bonds. The fourth-order valence-electron chi connectivity index (χ4n) is 8.50. The molecule has 3 fully saturated rings. The lowest BCUT2D eigenvalue weighted by Gasteiger charge is -2.50. The van der Waals surface area contributed by atoms with Crippen molar-refractivity contribution in [3.63, 3.8) is 0 Å². The highest BCUT2D eigenvalue weighted by Crippen LogP contribution is 2.42. The monoisotopic (exact) mass is 730 g/mol. The molecule has 4 aromatic rings. The molecule has 2 saturated heterocycles. The molecular weight excluding hydrogens is 677 g/mol. The Bertz CT molecular complexity index is 1880. The summed E-state index contributed by atoms with van der Waals surface area (Å²) in [6.07, 6.45) is 9.56. The number of fused-ring (bicyclic) bond motifs is 1. The molecule has 2 aliphatic heterocycles. The number of nitrogens with zero attached hydrogens (tertiary/aromatic N) is 2. The average Bonchev–Trinajstić information content (AvgIpc) is 3.20. The van der Waals surface area contributed by atoms with Crippen LogP contribution in [0.2, 0.25) is 0 Å². The second kappa shape index (κ2) is 16.9. The van der Waals surface area contributed by atoms with Crippen molar-refractivity contribution >= 4 is 11.8 Å². The maximum absolute atomic E-state index is 13.8. The van der Waals surface area contributed by atoms with Gasteiger partial charge in [0.1, 0.15) is 0 Å². The van der Waals surface area contributed by atoms with Crippen molar-refractivity contribution in [1.29, 1.82) is 0 Å². The fraction of sp³-hybridized carbons (Fsp3) is 0.444. The molecule has 1 aromatic heterocycles. The Kier molecular flexibility index (Phi) is 11.9. The van der Waals surface area contributed by atoms with Crippen molar-refractivity contribution in [3.8, 4) is 11.1 Å². The maximum Gasteiger partial charge on any atom is 0.253 e. The first-order valence-electron chi connectivity index (χ1n) is 19.6. The summed E-state index contributed by atoms with van der Waals surface area (Å²) in [6, 6.07) is 28.1. The molecule has 0 radical (unpaired) electrons. The first-order chi connectivity index (χ1) is 26.1. The van der Waals surface area contributed by atoms with Gasteiger partial charge in [0, 0.05) is 49.0 Å². The number of hydrogen-bond donors (Lipinski definition) is 3. The minimum atomic E-state index is -0.623. The van der Waals surface area contributed by atoms with Crippen LogP contribution in [-0.2, 0) is 27.4 Å². The van der Waals surface area contributed by atoms with Gasteiger partial charge in [-0.3, -0.25) is 19.5 Å². The van der Waals surface area contributed by atoms with Gasteiger partial charge in [0.2, 0.25) is 5.91 Å². The number of piperidine rings is 1. The van der Waals surface area contributed by atoms with E-state index < -0.39 is 6.29 Å². The normalized spacial score (nSPS) is 24.7. The van der Waals surface area contributed by atoms with Crippen molar-refractivity contribution in [2.45, 2.75) is 115 Å². The molecule has 3 heterocycles. The number of carbonyl (C=O) groups excluding carboxylic acids is 2. The predicted molar refractivity (Wildman–Crippen MR) is 209 cm³/mol. The van der Waals surface area contributed by atoms with Crippen LogP contribution in [0.25, 0.3) is 11.1 Å². The van der Waals surface area contributed by atoms with Gasteiger partial charge in [-0.25, -0.2) is 0 Å². The van der Waals surface area contributed by atoms with E-state index >= 15 is 0 Å². The molecule has 0 bridgehead atoms. The second-order valence-corrected chi connectivity index (χ2v) is 16.2. The zero-order chi connectivity index (χ0) is 37.7. The number of ether oxygens (including phenoxy) is 2. The van der Waals surface area contributed by atoms with E-state index in [2.05, 4.69) is 50.8 Å². The van der Waals surface area contributed by atoms with Gasteiger partial charge in [-0.15, -0.1) is 0 Å². The van der Waals surface area contributed by atoms with Crippen LogP contribution in [-0.4, -0.2) is 57.1 Å². The molecule has 9 heteroatoms. The van der Waals surface area contributed by atoms with Crippen molar-refractivity contribution in [3.05, 3.63) is 125 Å². The highest BCUT2D eigenvalue weighted by molar-refractivity contribution is 5.93. The van der Waals surface area contributed by atoms with Gasteiger partial charge >= 0.3 is 0 Å². The molecule has 9 nitrogen and oxygen atoms in total. The van der Waals surface area contributed by atoms with Crippen LogP contribution in [0.15, 0.2) is 97.3 Å². The molecular formula is C45H54N4O5. The summed E-state index contributed by atoms with van der Waals surface area (Å²) in [5.74, 6) is 0.547. The molecule has 6 atom stereocenters. The van der Waals surface area contributed by atoms with E-state index in [1.54, 1.807) is 24.5 Å². The van der Waals surface area contributed by atoms with E-state index in [1.165, 1.54) is 19.3 Å². The Labute approximate surface area is 319 Å². The number of nitrogens with one attached hydrogen (secondary N) is 2. The van der Waals surface area contributed by atoms with Crippen molar-refractivity contribution in [1.82, 2.24) is 20.5 Å². The van der Waals surface area contributed by atoms with E-state index in [4.69, 9.17) is 9.47 Å². The largest absolute Gasteiger partial charge is 0.392 e. The van der Waals surface area contributed by atoms with Crippen LogP contribution in [0.5, 0.6) is 0 Å². The molecule has 3 aliphatic rings. The van der Waals surface area contributed by atoms with E-state index in [-0.39, 0.29) is 42.2 Å². The van der Waals surface area contributed by atoms with Crippen molar-refractivity contribution < 1.29 is 24.2 Å². The smallest absolute Gasteiger partial charge is 0.253 e. The third kappa shape index (κ3) is 9.27. The Morgan fingerprint density at radius 1 is 0.852 bits per heavy atom. The Morgan fingerprint density at radius 3 is 2.39 bits per heavy atom. The Morgan fingerprint density at radius 2 is 1.63 bits per heavy atom. The number of hydrogen-bond acceptors (Lipinski definition) is 7. The van der Waals surface area contributed by atoms with Gasteiger partial charge in [0.05, 0.1) is 30.4 Å². The van der Waals surface area contributed by atoms with Crippen LogP contribution < -0.4 is 10.6 Å². The number of amides is 2. The fourth-order valence-corrected chi connectivity index (χ4v) is 8.50. The van der Waals surface area contributed by atoms with Crippen LogP contribution in [0, 0.1) is 5.92 Å². The molecule has 7 rings (SSSR count). The SMILES string of the molecule is CC(C)(C)NC(=O)[C@H]1CC[C@H]2CCCC[C@H]2N1C[C@@H]1C[C@H](c2ccc(CO)cc2)O[C@H](c2cccc(-c3cccc(CNC(=O)c4cccnc4)c3)c2)O1. The lowest BCUT2D eigenvalue weighted by molar-refractivity contribution is -0.255. The van der Waals surface area contributed by atoms with Crippen LogP contribution in [0.4, 0.5) is 0 Å². The molecule has 1 aliphatic carbocycles. The number of carbonyl (C=O) groups is 2. The summed E-state index contributed by atoms with van der Waals surface area (Å²) >= 11 is 0. The minimum Gasteiger partial charge on any atom is -0.392 e. The standard InChI is InChI=1S/C45H54N4O5/c1-45(2,3)48-43(52)40-21-20-32-10-4-5-15-39(32)49(40)28-38-25-41(33-18-16-30(29-50)17-19-33)54-44(53-38)36-13-7-12-35(24-36)34-11-6-9-31(23-34)26-47-42(51)37-14-8-22-46-27-37/h6-9,11-14,16-19,22-24,27,32,38-41,44,50H,4-5,10,15,20-21,25-26,28-29H2,1-3H3,(H,47,51)(H,48,52)/t32-,38+,39-,40-,41-,44-/m1/s1. The van der Waals surface area contributed by atoms with Gasteiger partial charge < -0.3 is 25.2 Å². The summed E-state index contributed by atoms with van der Waals surface area (Å²) in [5, 5.41) is 16.0. The first-order valence-corrected chi connectivity index (χ1v) is 19.6. The number of pyridine rings is 1. The lowest BCUT2D eigenvalue weighted by Crippen LogP contribution is -2.61. The summed E-state index contributed by atoms with van der Waals surface area (Å²) in [6.45, 7) is 7.18. The van der Waals surface area contributed by atoms with Crippen LogP contribution in [0.1, 0.15) is 111 Å². The van der Waals surface area contributed by atoms with Gasteiger partial charge in [-0.1, -0.05) is 73.5 Å². The number of aliphatic hydroxyl groups excluding tert-OH is 1. The number of benzene rings is 3. The molecule has 3 N–H and O–H groups in total. The summed E-state index contributed by atoms with van der Waals surface area (Å²) in [4.78, 5) is 33.1. The predicted octanol–water partition coefficient (Wildman–Crippen LogP) is 7.65. The van der Waals surface area contributed by atoms with Gasteiger partial charge in [0.25, 0.3) is 5.91 Å². The molecule has 284 valence electrons. The Balaban J connectivity index is 1.14. The van der Waals surface area contributed by atoms with Crippen LogP contribution in [0.3, 0.4) is 0 Å². The summed E-state index contributed by atoms with van der Waals surface area (Å²) in [7, 11) is 0. The Hall–Kier alpha value is -4.41. The molecule has 0 spiro atoms. The number of aromatic nitrogens is 1. The third-order valence-electron chi connectivity index (χ3n) is 11.1. The molecule has 54 heavy (non-hydrogen) atoms. The summed E-state index contributed by atoms with van der Waals surface area (Å²) < 4.78 is 13.7. The number of aliphatic hydroxyl groups is 1. The van der Waals surface area contributed by atoms with Crippen LogP contribution >= 0.6 is 0 Å². The zero-order valence-electron chi connectivity index (χ0n) is 31.7. The van der Waals surface area contributed by atoms with E-state index in [0.29, 0.717) is 37.0 Å². The van der Waals surface area contributed by atoms with E-state index in [0.717, 1.165) is 52.6 Å². The average molecular weight is 731 g/mol. The highest BCUT2D eigenvalue weighted by Gasteiger charge is 2.44. The lowest BCUT2D eigenvalue weighted by atomic mass is 9.75. The van der Waals surface area contributed by atoms with E-state index in [1.807, 2.05) is 63.2 Å². The maximum atomic E-state index is 13.8. The quantitative estimate of drug-likeness (QED) is 0.154. The zero-order valence-corrected chi connectivity index (χ0v) is 31.7. The molecule has 0 unspecified atom stereocenters. The highest BCUT2D eigenvalue weighted by atomic mass is 16.7. The molecule has 3 aromatic carbocycles. The van der Waals surface area contributed by atoms with Crippen molar-refractivity contribution in [2.75, 3.05) is 6.54 Å². The third-order valence-corrected chi connectivity index (χ3v) is 11.1. The van der Waals surface area contributed by atoms with Gasteiger partial charge in [-0.05, 0) is 104 Å². The minimum absolute atomic E-state index is 0.0133.